The Labute approximate surface area is 148 Å². The van der Waals surface area contributed by atoms with Crippen LogP contribution in [0.4, 0.5) is 5.69 Å². The quantitative estimate of drug-likeness (QED) is 0.619. The average Bonchev–Trinajstić information content (AvgIpc) is 3.01. The third-order valence-electron chi connectivity index (χ3n) is 4.06. The summed E-state index contributed by atoms with van der Waals surface area (Å²) in [6.45, 7) is 8.64. The van der Waals surface area contributed by atoms with Gasteiger partial charge in [0.2, 0.25) is 0 Å². The van der Waals surface area contributed by atoms with E-state index in [9.17, 15) is 4.79 Å². The summed E-state index contributed by atoms with van der Waals surface area (Å²) in [6.07, 6.45) is 4.14. The number of rotatable bonds is 3. The molecule has 1 aromatic heterocycles. The lowest BCUT2D eigenvalue weighted by Crippen LogP contribution is -2.11. The zero-order chi connectivity index (χ0) is 18.0. The van der Waals surface area contributed by atoms with E-state index in [2.05, 4.69) is 44.1 Å². The number of aromatic amines is 1. The van der Waals surface area contributed by atoms with Crippen molar-refractivity contribution in [1.29, 1.82) is 0 Å². The molecule has 2 N–H and O–H groups in total. The van der Waals surface area contributed by atoms with Crippen LogP contribution in [0.5, 0.6) is 0 Å². The van der Waals surface area contributed by atoms with Crippen molar-refractivity contribution >= 4 is 28.1 Å². The molecule has 0 aliphatic rings. The molecule has 0 fully saturated rings. The minimum atomic E-state index is -0.0983. The molecule has 3 aromatic rings. The number of carbonyl (C=O) groups is 1. The van der Waals surface area contributed by atoms with Gasteiger partial charge in [0.1, 0.15) is 0 Å². The first kappa shape index (κ1) is 17.0. The van der Waals surface area contributed by atoms with E-state index < -0.39 is 0 Å². The molecule has 0 saturated heterocycles. The number of hydrogen-bond acceptors (Lipinski definition) is 1. The lowest BCUT2D eigenvalue weighted by molar-refractivity contribution is 0.102. The van der Waals surface area contributed by atoms with Crippen LogP contribution >= 0.6 is 0 Å². The van der Waals surface area contributed by atoms with Gasteiger partial charge < -0.3 is 10.3 Å². The molecule has 3 nitrogen and oxygen atoms in total. The largest absolute Gasteiger partial charge is 0.361 e. The van der Waals surface area contributed by atoms with Crippen molar-refractivity contribution in [3.8, 4) is 0 Å². The Kier molecular flexibility index (Phi) is 4.49. The fourth-order valence-corrected chi connectivity index (χ4v) is 2.95. The summed E-state index contributed by atoms with van der Waals surface area (Å²) in [5.74, 6) is -0.0983. The van der Waals surface area contributed by atoms with E-state index in [0.29, 0.717) is 5.56 Å². The summed E-state index contributed by atoms with van der Waals surface area (Å²) in [4.78, 5) is 15.6. The topological polar surface area (TPSA) is 44.9 Å². The molecule has 25 heavy (non-hydrogen) atoms. The first-order valence-electron chi connectivity index (χ1n) is 8.50. The molecule has 1 amide bonds. The number of carbonyl (C=O) groups excluding carboxylic acids is 1. The number of allylic oxidation sites excluding steroid dienone is 2. The predicted molar refractivity (Wildman–Crippen MR) is 106 cm³/mol. The zero-order valence-corrected chi connectivity index (χ0v) is 15.2. The van der Waals surface area contributed by atoms with Gasteiger partial charge in [-0.25, -0.2) is 0 Å². The van der Waals surface area contributed by atoms with E-state index in [1.165, 1.54) is 5.57 Å². The van der Waals surface area contributed by atoms with Crippen molar-refractivity contribution in [2.45, 2.75) is 27.7 Å². The second kappa shape index (κ2) is 6.60. The summed E-state index contributed by atoms with van der Waals surface area (Å²) in [5, 5.41) is 4.04. The number of amides is 1. The molecule has 2 aromatic carbocycles. The Morgan fingerprint density at radius 3 is 2.36 bits per heavy atom. The van der Waals surface area contributed by atoms with E-state index in [-0.39, 0.29) is 11.3 Å². The average molecular weight is 332 g/mol. The van der Waals surface area contributed by atoms with Gasteiger partial charge in [-0.3, -0.25) is 4.79 Å². The molecule has 3 heteroatoms. The van der Waals surface area contributed by atoms with Crippen LogP contribution in [0.25, 0.3) is 16.5 Å². The molecule has 0 unspecified atom stereocenters. The minimum absolute atomic E-state index is 0.0983. The Bertz CT molecular complexity index is 925. The minimum Gasteiger partial charge on any atom is -0.361 e. The van der Waals surface area contributed by atoms with Crippen molar-refractivity contribution in [2.24, 2.45) is 5.41 Å². The van der Waals surface area contributed by atoms with Gasteiger partial charge in [-0.05, 0) is 59.9 Å². The summed E-state index contributed by atoms with van der Waals surface area (Å²) in [7, 11) is 0. The molecule has 1 heterocycles. The monoisotopic (exact) mass is 332 g/mol. The lowest BCUT2D eigenvalue weighted by Gasteiger charge is -2.14. The number of aromatic nitrogens is 1. The maximum absolute atomic E-state index is 12.5. The third kappa shape index (κ3) is 4.18. The molecule has 0 aliphatic carbocycles. The van der Waals surface area contributed by atoms with E-state index >= 15 is 0 Å². The Morgan fingerprint density at radius 2 is 1.68 bits per heavy atom. The van der Waals surface area contributed by atoms with Crippen LogP contribution < -0.4 is 5.32 Å². The first-order chi connectivity index (χ1) is 11.8. The highest BCUT2D eigenvalue weighted by atomic mass is 16.1. The molecule has 0 spiro atoms. The Hall–Kier alpha value is -2.81. The molecule has 0 atom stereocenters. The van der Waals surface area contributed by atoms with Gasteiger partial charge in [0.25, 0.3) is 5.91 Å². The van der Waals surface area contributed by atoms with Crippen LogP contribution in [0.2, 0.25) is 0 Å². The number of fused-ring (bicyclic) bond motifs is 1. The van der Waals surface area contributed by atoms with Gasteiger partial charge in [-0.1, -0.05) is 39.0 Å². The third-order valence-corrected chi connectivity index (χ3v) is 4.06. The SMILES string of the molecule is CC(=CC(C)(C)C)c1ccc(C(=O)Nc2ccc3[nH]ccc3c2)cc1. The van der Waals surface area contributed by atoms with Crippen LogP contribution in [0.3, 0.4) is 0 Å². The Morgan fingerprint density at radius 1 is 1.00 bits per heavy atom. The smallest absolute Gasteiger partial charge is 0.255 e. The fourth-order valence-electron chi connectivity index (χ4n) is 2.95. The molecular formula is C22H24N2O. The highest BCUT2D eigenvalue weighted by Crippen LogP contribution is 2.24. The van der Waals surface area contributed by atoms with Crippen molar-refractivity contribution in [3.05, 3.63) is 71.9 Å². The standard InChI is InChI=1S/C22H24N2O/c1-15(14-22(2,3)4)16-5-7-17(8-6-16)21(25)24-19-9-10-20-18(13-19)11-12-23-20/h5-14,23H,1-4H3,(H,24,25). The van der Waals surface area contributed by atoms with Gasteiger partial charge in [-0.2, -0.15) is 0 Å². The predicted octanol–water partition coefficient (Wildman–Crippen LogP) is 5.87. The maximum atomic E-state index is 12.5. The van der Waals surface area contributed by atoms with E-state index in [0.717, 1.165) is 22.2 Å². The molecule has 0 saturated carbocycles. The van der Waals surface area contributed by atoms with Crippen molar-refractivity contribution in [2.75, 3.05) is 5.32 Å². The van der Waals surface area contributed by atoms with E-state index in [4.69, 9.17) is 0 Å². The van der Waals surface area contributed by atoms with Crippen molar-refractivity contribution in [3.63, 3.8) is 0 Å². The summed E-state index contributed by atoms with van der Waals surface area (Å²) in [6, 6.07) is 15.6. The number of benzene rings is 2. The molecular weight excluding hydrogens is 308 g/mol. The van der Waals surface area contributed by atoms with Crippen LogP contribution in [-0.2, 0) is 0 Å². The van der Waals surface area contributed by atoms with Gasteiger partial charge in [0.05, 0.1) is 0 Å². The lowest BCUT2D eigenvalue weighted by atomic mass is 9.91. The molecule has 0 radical (unpaired) electrons. The van der Waals surface area contributed by atoms with Crippen molar-refractivity contribution < 1.29 is 4.79 Å². The second-order valence-electron chi connectivity index (χ2n) is 7.50. The number of anilines is 1. The number of H-pyrrole nitrogens is 1. The van der Waals surface area contributed by atoms with E-state index in [1.54, 1.807) is 0 Å². The van der Waals surface area contributed by atoms with Crippen LogP contribution in [0, 0.1) is 5.41 Å². The van der Waals surface area contributed by atoms with Gasteiger partial charge >= 0.3 is 0 Å². The fraction of sp³-hybridized carbons (Fsp3) is 0.227. The summed E-state index contributed by atoms with van der Waals surface area (Å²) < 4.78 is 0. The first-order valence-corrected chi connectivity index (χ1v) is 8.50. The number of nitrogens with one attached hydrogen (secondary N) is 2. The summed E-state index contributed by atoms with van der Waals surface area (Å²) in [5.41, 5.74) is 5.00. The maximum Gasteiger partial charge on any atom is 0.255 e. The molecule has 0 aliphatic heterocycles. The van der Waals surface area contributed by atoms with Crippen LogP contribution in [0.15, 0.2) is 60.8 Å². The Balaban J connectivity index is 1.75. The highest BCUT2D eigenvalue weighted by molar-refractivity contribution is 6.05. The van der Waals surface area contributed by atoms with Crippen LogP contribution in [-0.4, -0.2) is 10.9 Å². The summed E-state index contributed by atoms with van der Waals surface area (Å²) >= 11 is 0. The van der Waals surface area contributed by atoms with Crippen LogP contribution in [0.1, 0.15) is 43.6 Å². The van der Waals surface area contributed by atoms with Gasteiger partial charge in [-0.15, -0.1) is 0 Å². The van der Waals surface area contributed by atoms with Crippen molar-refractivity contribution in [1.82, 2.24) is 4.98 Å². The zero-order valence-electron chi connectivity index (χ0n) is 15.2. The normalized spacial score (nSPS) is 12.4. The molecule has 3 rings (SSSR count). The molecule has 128 valence electrons. The number of hydrogen-bond donors (Lipinski definition) is 2. The second-order valence-corrected chi connectivity index (χ2v) is 7.50. The van der Waals surface area contributed by atoms with Gasteiger partial charge in [0, 0.05) is 28.4 Å². The van der Waals surface area contributed by atoms with E-state index in [1.807, 2.05) is 54.7 Å². The molecule has 0 bridgehead atoms. The highest BCUT2D eigenvalue weighted by Gasteiger charge is 2.09. The van der Waals surface area contributed by atoms with Gasteiger partial charge in [0.15, 0.2) is 0 Å².